The van der Waals surface area contributed by atoms with E-state index in [1.807, 2.05) is 71.3 Å². The lowest BCUT2D eigenvalue weighted by Gasteiger charge is -2.38. The van der Waals surface area contributed by atoms with Crippen molar-refractivity contribution in [2.24, 2.45) is 10.9 Å². The highest BCUT2D eigenvalue weighted by atomic mass is 35.5. The molecule has 4 fully saturated rings. The molecule has 8 nitrogen and oxygen atoms in total. The van der Waals surface area contributed by atoms with Crippen molar-refractivity contribution in [2.45, 2.75) is 108 Å². The van der Waals surface area contributed by atoms with Crippen LogP contribution in [0.2, 0.25) is 21.6 Å². The van der Waals surface area contributed by atoms with Crippen LogP contribution < -0.4 is 9.64 Å². The lowest BCUT2D eigenvalue weighted by Crippen LogP contribution is -2.43. The summed E-state index contributed by atoms with van der Waals surface area (Å²) in [4.78, 5) is 24.4. The first-order chi connectivity index (χ1) is 33.5. The Morgan fingerprint density at radius 3 is 2.37 bits per heavy atom. The van der Waals surface area contributed by atoms with Crippen LogP contribution in [0.25, 0.3) is 32.9 Å². The second-order valence-electron chi connectivity index (χ2n) is 20.1. The minimum absolute atomic E-state index is 0.00926. The van der Waals surface area contributed by atoms with Crippen LogP contribution in [-0.2, 0) is 4.74 Å². The number of hydrogen-bond acceptors (Lipinski definition) is 8. The molecule has 10 rings (SSSR count). The van der Waals surface area contributed by atoms with E-state index in [1.54, 1.807) is 6.20 Å². The van der Waals surface area contributed by atoms with Crippen molar-refractivity contribution in [1.29, 1.82) is 0 Å². The van der Waals surface area contributed by atoms with Gasteiger partial charge in [0.25, 0.3) is 0 Å². The van der Waals surface area contributed by atoms with Crippen molar-refractivity contribution in [3.63, 3.8) is 0 Å². The predicted molar refractivity (Wildman–Crippen MR) is 275 cm³/mol. The molecule has 68 heavy (non-hydrogen) atoms. The van der Waals surface area contributed by atoms with Gasteiger partial charge < -0.3 is 14.4 Å². The number of rotatable bonds is 11. The van der Waals surface area contributed by atoms with E-state index in [4.69, 9.17) is 41.0 Å². The Bertz CT molecular complexity index is 3000. The molecule has 1 aliphatic carbocycles. The Morgan fingerprint density at radius 2 is 1.68 bits per heavy atom. The molecule has 1 saturated carbocycles. The molecule has 4 aromatic carbocycles. The standard InChI is InChI=1S/C56H61ClF2N6O2Si/c1-34(2)68(35(3)4,36(5)6)26-21-43-47(57)20-19-40-27-42(61-52(38-15-10-8-11-16-38)39-17-12-9-13-18-39)28-44(48(40)43)50-37(7)51-45(30-60-50)54(65-24-25-66-32-46-49(59)53(46)65)63-55(62-51)67-33-56-22-14-23-64(56)31-41(58)29-56/h8-13,15-20,27-28,30,34-36,41,46,49,53H,14,22-25,29,31-33H2,1-7H3/t41-,46+,49+,53+,56+/m1/s1/i33D2. The summed E-state index contributed by atoms with van der Waals surface area (Å²) in [7, 11) is -2.24. The molecule has 3 saturated heterocycles. The molecule has 0 bridgehead atoms. The summed E-state index contributed by atoms with van der Waals surface area (Å²) in [5, 5.41) is 2.79. The molecule has 0 spiro atoms. The van der Waals surface area contributed by atoms with Gasteiger partial charge in [0, 0.05) is 59.3 Å². The zero-order valence-corrected chi connectivity index (χ0v) is 41.7. The lowest BCUT2D eigenvalue weighted by atomic mass is 9.94. The average molecular weight is 954 g/mol. The highest BCUT2D eigenvalue weighted by Crippen LogP contribution is 2.47. The molecule has 352 valence electrons. The van der Waals surface area contributed by atoms with Gasteiger partial charge in [-0.15, -0.1) is 5.54 Å². The number of nitrogens with zero attached hydrogens (tertiary/aromatic N) is 6. The van der Waals surface area contributed by atoms with Gasteiger partial charge in [0.05, 0.1) is 66.1 Å². The third-order valence-electron chi connectivity index (χ3n) is 15.2. The van der Waals surface area contributed by atoms with Crippen LogP contribution in [0.1, 0.15) is 85.8 Å². The second-order valence-corrected chi connectivity index (χ2v) is 26.1. The van der Waals surface area contributed by atoms with Crippen molar-refractivity contribution in [3.8, 4) is 28.7 Å². The van der Waals surface area contributed by atoms with Crippen LogP contribution in [0.5, 0.6) is 6.01 Å². The molecular formula is C56H61ClF2N6O2Si. The maximum atomic E-state index is 15.6. The van der Waals surface area contributed by atoms with E-state index in [2.05, 4.69) is 83.3 Å². The molecule has 5 atom stereocenters. The Labute approximate surface area is 408 Å². The number of benzene rings is 4. The molecule has 6 aromatic rings. The number of aromatic nitrogens is 3. The first-order valence-corrected chi connectivity index (χ1v) is 26.9. The summed E-state index contributed by atoms with van der Waals surface area (Å²) in [5.74, 6) is 3.77. The third-order valence-corrected chi connectivity index (χ3v) is 21.8. The first kappa shape index (κ1) is 44.0. The van der Waals surface area contributed by atoms with Gasteiger partial charge in [-0.2, -0.15) is 9.97 Å². The van der Waals surface area contributed by atoms with E-state index < -0.39 is 38.6 Å². The van der Waals surface area contributed by atoms with Crippen LogP contribution in [0.15, 0.2) is 96.1 Å². The summed E-state index contributed by atoms with van der Waals surface area (Å²) in [6, 6.07) is 27.6. The third kappa shape index (κ3) is 8.29. The monoisotopic (exact) mass is 952 g/mol. The van der Waals surface area contributed by atoms with Crippen LogP contribution in [0, 0.1) is 24.3 Å². The zero-order chi connectivity index (χ0) is 49.3. The topological polar surface area (TPSA) is 76.0 Å². The number of aliphatic imine (C=N–C) groups is 1. The maximum absolute atomic E-state index is 15.6. The summed E-state index contributed by atoms with van der Waals surface area (Å²) in [6.07, 6.45) is 0.603. The zero-order valence-electron chi connectivity index (χ0n) is 42.0. The summed E-state index contributed by atoms with van der Waals surface area (Å²) in [6.45, 7) is 15.1. The van der Waals surface area contributed by atoms with Crippen molar-refractivity contribution in [3.05, 3.63) is 118 Å². The first-order valence-electron chi connectivity index (χ1n) is 25.3. The molecule has 0 radical (unpaired) electrons. The molecule has 0 unspecified atom stereocenters. The molecule has 5 heterocycles. The SMILES string of the molecule is [2H]C([2H])(Oc1nc(N2CCOC[C@H]3[C@H](F)[C@H]32)c2cnc(-c3cc(N=C(c4ccccc4)c4ccccc4)cc4ccc(Cl)c(C#C[Si](C(C)C)(C(C)C)C(C)C)c34)c(C)c2n1)[C@@]12CCCN1C[C@H](F)C2. The van der Waals surface area contributed by atoms with Gasteiger partial charge >= 0.3 is 6.01 Å². The van der Waals surface area contributed by atoms with Crippen LogP contribution in [-0.4, -0.2) is 97.0 Å². The summed E-state index contributed by atoms with van der Waals surface area (Å²) < 4.78 is 61.8. The fraction of sp³-hybridized carbons (Fsp3) is 0.429. The number of halogens is 3. The fourth-order valence-corrected chi connectivity index (χ4v) is 17.2. The minimum atomic E-state index is -2.35. The van der Waals surface area contributed by atoms with E-state index in [9.17, 15) is 2.74 Å². The second kappa shape index (κ2) is 18.6. The van der Waals surface area contributed by atoms with Crippen LogP contribution in [0.3, 0.4) is 0 Å². The van der Waals surface area contributed by atoms with E-state index in [0.717, 1.165) is 39.6 Å². The Kier molecular flexibility index (Phi) is 12.0. The van der Waals surface area contributed by atoms with Gasteiger partial charge in [0.1, 0.15) is 32.8 Å². The molecule has 4 aliphatic rings. The summed E-state index contributed by atoms with van der Waals surface area (Å²) >= 11 is 7.30. The largest absolute Gasteiger partial charge is 0.461 e. The Morgan fingerprint density at radius 1 is 0.971 bits per heavy atom. The van der Waals surface area contributed by atoms with Gasteiger partial charge in [-0.3, -0.25) is 9.88 Å². The van der Waals surface area contributed by atoms with Crippen molar-refractivity contribution in [1.82, 2.24) is 19.9 Å². The maximum Gasteiger partial charge on any atom is 0.319 e. The van der Waals surface area contributed by atoms with E-state index >= 15 is 8.78 Å². The summed E-state index contributed by atoms with van der Waals surface area (Å²) in [5.41, 5.74) is 10.5. The molecule has 2 aromatic heterocycles. The number of pyridine rings is 1. The number of ether oxygens (including phenoxy) is 2. The van der Waals surface area contributed by atoms with E-state index in [1.165, 1.54) is 0 Å². The molecule has 0 amide bonds. The van der Waals surface area contributed by atoms with E-state index in [0.29, 0.717) is 93.6 Å². The Balaban J connectivity index is 1.23. The smallest absolute Gasteiger partial charge is 0.319 e. The fourth-order valence-electron chi connectivity index (χ4n) is 11.8. The molecule has 0 N–H and O–H groups in total. The number of alkyl halides is 2. The normalized spacial score (nSPS) is 23.3. The molecule has 12 heteroatoms. The van der Waals surface area contributed by atoms with Gasteiger partial charge in [-0.05, 0) is 66.5 Å². The van der Waals surface area contributed by atoms with Crippen LogP contribution >= 0.6 is 11.6 Å². The highest BCUT2D eigenvalue weighted by Gasteiger charge is 2.56. The van der Waals surface area contributed by atoms with Gasteiger partial charge in [-0.25, -0.2) is 13.8 Å². The van der Waals surface area contributed by atoms with Crippen LogP contribution in [0.4, 0.5) is 20.3 Å². The van der Waals surface area contributed by atoms with Gasteiger partial charge in [0.2, 0.25) is 0 Å². The minimum Gasteiger partial charge on any atom is -0.461 e. The van der Waals surface area contributed by atoms with Crippen molar-refractivity contribution in [2.75, 3.05) is 44.3 Å². The highest BCUT2D eigenvalue weighted by molar-refractivity contribution is 6.90. The molecule has 3 aliphatic heterocycles. The number of fused-ring (bicyclic) bond motifs is 4. The lowest BCUT2D eigenvalue weighted by molar-refractivity contribution is 0.107. The number of aryl methyl sites for hydroxylation is 1. The van der Waals surface area contributed by atoms with Gasteiger partial charge in [0.15, 0.2) is 0 Å². The van der Waals surface area contributed by atoms with Gasteiger partial charge in [-0.1, -0.05) is 126 Å². The van der Waals surface area contributed by atoms with E-state index in [-0.39, 0.29) is 24.9 Å². The molecular weight excluding hydrogens is 890 g/mol. The number of hydrogen-bond donors (Lipinski definition) is 0. The quantitative estimate of drug-likeness (QED) is 0.0727. The van der Waals surface area contributed by atoms with Crippen molar-refractivity contribution >= 4 is 58.6 Å². The predicted octanol–water partition coefficient (Wildman–Crippen LogP) is 12.7. The number of anilines is 1. The average Bonchev–Trinajstić information content (AvgIpc) is 3.69. The Hall–Kier alpha value is -5.25. The van der Waals surface area contributed by atoms with Crippen molar-refractivity contribution < 1.29 is 21.0 Å².